The van der Waals surface area contributed by atoms with Crippen LogP contribution in [0.15, 0.2) is 24.3 Å². The van der Waals surface area contributed by atoms with Crippen LogP contribution in [-0.4, -0.2) is 27.1 Å². The van der Waals surface area contributed by atoms with E-state index in [1.54, 1.807) is 12.1 Å². The molecule has 0 radical (unpaired) electrons. The highest BCUT2D eigenvalue weighted by atomic mass is 32.1. The summed E-state index contributed by atoms with van der Waals surface area (Å²) in [5.41, 5.74) is 1.76. The van der Waals surface area contributed by atoms with Crippen molar-refractivity contribution in [1.82, 2.24) is 4.98 Å². The Kier molecular flexibility index (Phi) is 4.37. The summed E-state index contributed by atoms with van der Waals surface area (Å²) in [4.78, 5) is 27.1. The van der Waals surface area contributed by atoms with E-state index in [1.165, 1.54) is 23.5 Å². The molecule has 1 aromatic carbocycles. The van der Waals surface area contributed by atoms with Crippen LogP contribution in [0.2, 0.25) is 0 Å². The SMILES string of the molecule is Cc1nc(-c2ccc(C(=O)O)cc2)c(C(C)CC(=O)O)s1. The molecule has 6 heteroatoms. The number of carbonyl (C=O) groups is 2. The molecule has 0 aliphatic carbocycles. The van der Waals surface area contributed by atoms with Crippen LogP contribution < -0.4 is 0 Å². The Labute approximate surface area is 125 Å². The van der Waals surface area contributed by atoms with E-state index in [-0.39, 0.29) is 17.9 Å². The van der Waals surface area contributed by atoms with Gasteiger partial charge in [-0.2, -0.15) is 0 Å². The molecule has 0 fully saturated rings. The Morgan fingerprint density at radius 1 is 1.24 bits per heavy atom. The summed E-state index contributed by atoms with van der Waals surface area (Å²) in [5, 5.41) is 18.7. The summed E-state index contributed by atoms with van der Waals surface area (Å²) in [7, 11) is 0. The standard InChI is InChI=1S/C15H15NO4S/c1-8(7-12(17)18)14-13(16-9(2)21-14)10-3-5-11(6-4-10)15(19)20/h3-6,8H,7H2,1-2H3,(H,17,18)(H,19,20). The summed E-state index contributed by atoms with van der Waals surface area (Å²) in [6.07, 6.45) is 0.0435. The molecular weight excluding hydrogens is 290 g/mol. The number of aryl methyl sites for hydroxylation is 1. The second kappa shape index (κ2) is 6.05. The zero-order chi connectivity index (χ0) is 15.6. The highest BCUT2D eigenvalue weighted by Crippen LogP contribution is 2.35. The minimum absolute atomic E-state index is 0.0435. The molecule has 1 unspecified atom stereocenters. The Morgan fingerprint density at radius 2 is 1.86 bits per heavy atom. The number of aromatic carboxylic acids is 1. The Morgan fingerprint density at radius 3 is 2.38 bits per heavy atom. The Bertz CT molecular complexity index is 675. The van der Waals surface area contributed by atoms with Crippen LogP contribution in [0.3, 0.4) is 0 Å². The van der Waals surface area contributed by atoms with E-state index >= 15 is 0 Å². The number of carboxylic acid groups (broad SMARTS) is 2. The first-order valence-corrected chi connectivity index (χ1v) is 7.23. The molecule has 1 aromatic heterocycles. The van der Waals surface area contributed by atoms with E-state index in [9.17, 15) is 9.59 Å². The third-order valence-corrected chi connectivity index (χ3v) is 4.30. The molecule has 0 saturated carbocycles. The number of rotatable bonds is 5. The molecule has 2 rings (SSSR count). The largest absolute Gasteiger partial charge is 0.481 e. The monoisotopic (exact) mass is 305 g/mol. The van der Waals surface area contributed by atoms with Crippen LogP contribution in [0.1, 0.15) is 39.5 Å². The van der Waals surface area contributed by atoms with Crippen molar-refractivity contribution < 1.29 is 19.8 Å². The number of nitrogens with zero attached hydrogens (tertiary/aromatic N) is 1. The van der Waals surface area contributed by atoms with Gasteiger partial charge in [0.25, 0.3) is 0 Å². The third kappa shape index (κ3) is 3.46. The van der Waals surface area contributed by atoms with E-state index in [0.717, 1.165) is 21.1 Å². The van der Waals surface area contributed by atoms with Gasteiger partial charge in [0.1, 0.15) is 0 Å². The fraction of sp³-hybridized carbons (Fsp3) is 0.267. The molecule has 21 heavy (non-hydrogen) atoms. The molecule has 0 aliphatic heterocycles. The first-order valence-electron chi connectivity index (χ1n) is 6.41. The Hall–Kier alpha value is -2.21. The summed E-state index contributed by atoms with van der Waals surface area (Å²) in [6, 6.07) is 6.46. The molecule has 0 amide bonds. The topological polar surface area (TPSA) is 87.5 Å². The van der Waals surface area contributed by atoms with Crippen LogP contribution in [0, 0.1) is 6.92 Å². The van der Waals surface area contributed by atoms with Gasteiger partial charge in [-0.3, -0.25) is 4.79 Å². The minimum atomic E-state index is -0.976. The van der Waals surface area contributed by atoms with Crippen molar-refractivity contribution in [2.45, 2.75) is 26.2 Å². The molecule has 110 valence electrons. The second-order valence-corrected chi connectivity index (χ2v) is 6.06. The predicted molar refractivity (Wildman–Crippen MR) is 79.9 cm³/mol. The van der Waals surface area contributed by atoms with Gasteiger partial charge < -0.3 is 10.2 Å². The van der Waals surface area contributed by atoms with E-state index in [2.05, 4.69) is 4.98 Å². The number of thiazole rings is 1. The van der Waals surface area contributed by atoms with E-state index in [4.69, 9.17) is 10.2 Å². The van der Waals surface area contributed by atoms with E-state index in [0.29, 0.717) is 0 Å². The van der Waals surface area contributed by atoms with Crippen molar-refractivity contribution in [3.05, 3.63) is 39.7 Å². The molecule has 0 bridgehead atoms. The predicted octanol–water partition coefficient (Wildman–Crippen LogP) is 3.39. The summed E-state index contributed by atoms with van der Waals surface area (Å²) < 4.78 is 0. The van der Waals surface area contributed by atoms with Gasteiger partial charge in [0, 0.05) is 16.4 Å². The van der Waals surface area contributed by atoms with Crippen LogP contribution in [0.5, 0.6) is 0 Å². The molecule has 0 saturated heterocycles. The molecular formula is C15H15NO4S. The normalized spacial score (nSPS) is 12.1. The van der Waals surface area contributed by atoms with Gasteiger partial charge in [-0.05, 0) is 19.1 Å². The van der Waals surface area contributed by atoms with Gasteiger partial charge in [0.05, 0.1) is 22.7 Å². The zero-order valence-corrected chi connectivity index (χ0v) is 12.5. The van der Waals surface area contributed by atoms with Crippen molar-refractivity contribution >= 4 is 23.3 Å². The lowest BCUT2D eigenvalue weighted by Gasteiger charge is -2.09. The van der Waals surface area contributed by atoms with Crippen molar-refractivity contribution in [3.8, 4) is 11.3 Å². The maximum Gasteiger partial charge on any atom is 0.335 e. The highest BCUT2D eigenvalue weighted by Gasteiger charge is 2.19. The lowest BCUT2D eigenvalue weighted by atomic mass is 10.0. The smallest absolute Gasteiger partial charge is 0.335 e. The quantitative estimate of drug-likeness (QED) is 0.884. The fourth-order valence-electron chi connectivity index (χ4n) is 2.11. The molecule has 0 aliphatic rings. The average molecular weight is 305 g/mol. The number of hydrogen-bond donors (Lipinski definition) is 2. The molecule has 5 nitrogen and oxygen atoms in total. The lowest BCUT2D eigenvalue weighted by molar-refractivity contribution is -0.137. The second-order valence-electron chi connectivity index (χ2n) is 4.83. The average Bonchev–Trinajstić information content (AvgIpc) is 2.80. The number of aliphatic carboxylic acids is 1. The highest BCUT2D eigenvalue weighted by molar-refractivity contribution is 7.12. The van der Waals surface area contributed by atoms with Gasteiger partial charge in [-0.15, -0.1) is 11.3 Å². The van der Waals surface area contributed by atoms with Crippen molar-refractivity contribution in [3.63, 3.8) is 0 Å². The fourth-order valence-corrected chi connectivity index (χ4v) is 3.11. The van der Waals surface area contributed by atoms with Gasteiger partial charge in [0.15, 0.2) is 0 Å². The number of aromatic nitrogens is 1. The first-order chi connectivity index (χ1) is 9.88. The van der Waals surface area contributed by atoms with E-state index < -0.39 is 11.9 Å². The maximum atomic E-state index is 10.9. The van der Waals surface area contributed by atoms with Crippen LogP contribution in [0.4, 0.5) is 0 Å². The van der Waals surface area contributed by atoms with Gasteiger partial charge in [-0.25, -0.2) is 9.78 Å². The third-order valence-electron chi connectivity index (χ3n) is 3.09. The van der Waals surface area contributed by atoms with Crippen LogP contribution >= 0.6 is 11.3 Å². The molecule has 1 atom stereocenters. The number of hydrogen-bond acceptors (Lipinski definition) is 4. The molecule has 1 heterocycles. The van der Waals surface area contributed by atoms with Crippen LogP contribution in [-0.2, 0) is 4.79 Å². The Balaban J connectivity index is 2.39. The first kappa shape index (κ1) is 15.2. The van der Waals surface area contributed by atoms with Crippen molar-refractivity contribution in [1.29, 1.82) is 0 Å². The van der Waals surface area contributed by atoms with E-state index in [1.807, 2.05) is 13.8 Å². The van der Waals surface area contributed by atoms with Crippen molar-refractivity contribution in [2.75, 3.05) is 0 Å². The minimum Gasteiger partial charge on any atom is -0.481 e. The van der Waals surface area contributed by atoms with Crippen molar-refractivity contribution in [2.24, 2.45) is 0 Å². The summed E-state index contributed by atoms with van der Waals surface area (Å²) in [5.74, 6) is -1.96. The maximum absolute atomic E-state index is 10.9. The van der Waals surface area contributed by atoms with Gasteiger partial charge in [0.2, 0.25) is 0 Å². The number of benzene rings is 1. The molecule has 0 spiro atoms. The summed E-state index contributed by atoms with van der Waals surface area (Å²) >= 11 is 1.48. The zero-order valence-electron chi connectivity index (χ0n) is 11.7. The summed E-state index contributed by atoms with van der Waals surface area (Å²) in [6.45, 7) is 3.73. The van der Waals surface area contributed by atoms with Gasteiger partial charge >= 0.3 is 11.9 Å². The van der Waals surface area contributed by atoms with Crippen LogP contribution in [0.25, 0.3) is 11.3 Å². The lowest BCUT2D eigenvalue weighted by Crippen LogP contribution is -2.02. The molecule has 2 N–H and O–H groups in total. The molecule has 2 aromatic rings. The number of carboxylic acids is 2. The van der Waals surface area contributed by atoms with Gasteiger partial charge in [-0.1, -0.05) is 19.1 Å².